The zero-order valence-electron chi connectivity index (χ0n) is 21.4. The van der Waals surface area contributed by atoms with Gasteiger partial charge in [-0.05, 0) is 47.9 Å². The highest BCUT2D eigenvalue weighted by molar-refractivity contribution is 6.24. The van der Waals surface area contributed by atoms with Crippen LogP contribution in [0.4, 0.5) is 5.69 Å². The van der Waals surface area contributed by atoms with E-state index in [4.69, 9.17) is 0 Å². The molecule has 3 aliphatic rings. The first-order valence-electron chi connectivity index (χ1n) is 13.0. The van der Waals surface area contributed by atoms with Crippen molar-refractivity contribution in [2.24, 2.45) is 18.4 Å². The highest BCUT2D eigenvalue weighted by atomic mass is 16.3. The van der Waals surface area contributed by atoms with Crippen molar-refractivity contribution in [3.05, 3.63) is 105 Å². The number of carbonyl (C=O) groups excluding carboxylic acids is 2. The maximum atomic E-state index is 14.4. The molecule has 1 aliphatic carbocycles. The first kappa shape index (κ1) is 23.5. The summed E-state index contributed by atoms with van der Waals surface area (Å²) in [4.78, 5) is 55.9. The minimum atomic E-state index is -1.24. The van der Waals surface area contributed by atoms with Crippen molar-refractivity contribution in [1.82, 2.24) is 13.9 Å². The van der Waals surface area contributed by atoms with Gasteiger partial charge in [0.15, 0.2) is 0 Å². The Morgan fingerprint density at radius 2 is 1.62 bits per heavy atom. The lowest BCUT2D eigenvalue weighted by molar-refractivity contribution is -0.129. The van der Waals surface area contributed by atoms with E-state index in [-0.39, 0.29) is 30.5 Å². The van der Waals surface area contributed by atoms with Crippen LogP contribution in [0.3, 0.4) is 0 Å². The van der Waals surface area contributed by atoms with E-state index in [0.717, 1.165) is 20.9 Å². The maximum Gasteiger partial charge on any atom is 0.347 e. The van der Waals surface area contributed by atoms with Crippen molar-refractivity contribution >= 4 is 28.3 Å². The van der Waals surface area contributed by atoms with E-state index in [9.17, 15) is 24.3 Å². The number of aromatic hydroxyl groups is 1. The highest BCUT2D eigenvalue weighted by Gasteiger charge is 2.66. The number of imide groups is 1. The molecule has 39 heavy (non-hydrogen) atoms. The summed E-state index contributed by atoms with van der Waals surface area (Å²) >= 11 is 0. The number of rotatable bonds is 2. The molecule has 3 heterocycles. The third-order valence-electron chi connectivity index (χ3n) is 8.98. The van der Waals surface area contributed by atoms with Gasteiger partial charge < -0.3 is 5.11 Å². The molecule has 1 saturated carbocycles. The predicted octanol–water partition coefficient (Wildman–Crippen LogP) is 3.07. The largest absolute Gasteiger partial charge is 0.508 e. The first-order valence-corrected chi connectivity index (χ1v) is 13.0. The predicted molar refractivity (Wildman–Crippen MR) is 145 cm³/mol. The Balaban J connectivity index is 1.53. The van der Waals surface area contributed by atoms with Crippen molar-refractivity contribution in [1.29, 1.82) is 0 Å². The molecule has 4 aromatic rings. The third-order valence-corrected chi connectivity index (χ3v) is 8.98. The van der Waals surface area contributed by atoms with E-state index in [1.54, 1.807) is 37.3 Å². The normalized spacial score (nSPS) is 25.8. The van der Waals surface area contributed by atoms with Crippen LogP contribution in [0.1, 0.15) is 30.9 Å². The van der Waals surface area contributed by atoms with Gasteiger partial charge in [0.1, 0.15) is 5.75 Å². The third kappa shape index (κ3) is 2.90. The van der Waals surface area contributed by atoms with E-state index in [1.807, 2.05) is 42.5 Å². The average molecular weight is 523 g/mol. The summed E-state index contributed by atoms with van der Waals surface area (Å²) in [6.07, 6.45) is 2.07. The number of amides is 2. The van der Waals surface area contributed by atoms with Crippen LogP contribution >= 0.6 is 0 Å². The fourth-order valence-corrected chi connectivity index (χ4v) is 7.10. The van der Waals surface area contributed by atoms with Crippen LogP contribution in [0.25, 0.3) is 10.8 Å². The number of hydrogen-bond acceptors (Lipinski definition) is 5. The molecule has 2 aliphatic heterocycles. The Bertz CT molecular complexity index is 1860. The summed E-state index contributed by atoms with van der Waals surface area (Å²) in [6.45, 7) is 1.95. The number of fused-ring (bicyclic) bond motifs is 5. The summed E-state index contributed by atoms with van der Waals surface area (Å²) < 4.78 is 3.87. The summed E-state index contributed by atoms with van der Waals surface area (Å²) in [5.74, 6) is -2.18. The monoisotopic (exact) mass is 522 g/mol. The number of phenolic OH excluding ortho intramolecular Hbond substituents is 1. The number of allylic oxidation sites excluding steroid dienone is 2. The minimum Gasteiger partial charge on any atom is -0.508 e. The van der Waals surface area contributed by atoms with Crippen molar-refractivity contribution < 1.29 is 14.7 Å². The number of anilines is 1. The number of phenols is 1. The van der Waals surface area contributed by atoms with Gasteiger partial charge in [0.2, 0.25) is 11.8 Å². The topological polar surface area (TPSA) is 107 Å². The summed E-state index contributed by atoms with van der Waals surface area (Å²) in [5.41, 5.74) is -0.367. The van der Waals surface area contributed by atoms with Gasteiger partial charge in [0.05, 0.1) is 29.6 Å². The van der Waals surface area contributed by atoms with Crippen LogP contribution in [0.2, 0.25) is 0 Å². The van der Waals surface area contributed by atoms with Crippen LogP contribution < -0.4 is 16.3 Å². The van der Waals surface area contributed by atoms with Crippen molar-refractivity contribution in [2.75, 3.05) is 4.90 Å². The number of benzene rings is 3. The number of carbonyl (C=O) groups is 2. The molecule has 1 N–H and O–H groups in total. The second-order valence-electron chi connectivity index (χ2n) is 10.8. The van der Waals surface area contributed by atoms with Gasteiger partial charge in [-0.15, -0.1) is 0 Å². The molecule has 9 nitrogen and oxygen atoms in total. The van der Waals surface area contributed by atoms with E-state index >= 15 is 0 Å². The molecular weight excluding hydrogens is 496 g/mol. The quantitative estimate of drug-likeness (QED) is 0.322. The Hall–Kier alpha value is -4.66. The summed E-state index contributed by atoms with van der Waals surface area (Å²) in [6, 6.07) is 19.2. The van der Waals surface area contributed by atoms with Gasteiger partial charge in [-0.25, -0.2) is 28.4 Å². The lowest BCUT2D eigenvalue weighted by atomic mass is 9.56. The van der Waals surface area contributed by atoms with Crippen LogP contribution in [0, 0.1) is 11.3 Å². The van der Waals surface area contributed by atoms with Crippen LogP contribution in [0.5, 0.6) is 5.75 Å². The van der Waals surface area contributed by atoms with Gasteiger partial charge in [0.25, 0.3) is 0 Å². The lowest BCUT2D eigenvalue weighted by Gasteiger charge is -2.47. The van der Waals surface area contributed by atoms with E-state index in [2.05, 4.69) is 0 Å². The van der Waals surface area contributed by atoms with E-state index in [0.29, 0.717) is 11.3 Å². The zero-order chi connectivity index (χ0) is 27.2. The number of hydrogen-bond donors (Lipinski definition) is 1. The fourth-order valence-electron chi connectivity index (χ4n) is 7.10. The highest BCUT2D eigenvalue weighted by Crippen LogP contribution is 2.62. The van der Waals surface area contributed by atoms with Gasteiger partial charge in [-0.1, -0.05) is 54.6 Å². The molecule has 2 fully saturated rings. The van der Waals surface area contributed by atoms with Gasteiger partial charge in [-0.2, -0.15) is 0 Å². The van der Waals surface area contributed by atoms with Crippen molar-refractivity contribution in [3.63, 3.8) is 0 Å². The Kier molecular flexibility index (Phi) is 4.77. The second kappa shape index (κ2) is 7.92. The van der Waals surface area contributed by atoms with Gasteiger partial charge in [0, 0.05) is 18.5 Å². The molecule has 9 heteroatoms. The van der Waals surface area contributed by atoms with Crippen molar-refractivity contribution in [2.45, 2.75) is 31.8 Å². The Morgan fingerprint density at radius 3 is 2.38 bits per heavy atom. The van der Waals surface area contributed by atoms with Crippen LogP contribution in [-0.4, -0.2) is 30.9 Å². The number of nitrogens with zero attached hydrogens (tertiary/aromatic N) is 4. The fraction of sp³-hybridized carbons (Fsp3) is 0.267. The van der Waals surface area contributed by atoms with E-state index in [1.165, 1.54) is 21.3 Å². The lowest BCUT2D eigenvalue weighted by Crippen LogP contribution is -2.49. The molecule has 3 aromatic carbocycles. The first-order chi connectivity index (χ1) is 18.7. The molecule has 1 aromatic heterocycles. The number of aromatic nitrogens is 3. The molecule has 4 atom stereocenters. The molecule has 0 unspecified atom stereocenters. The maximum absolute atomic E-state index is 14.4. The van der Waals surface area contributed by atoms with E-state index < -0.39 is 34.7 Å². The molecule has 2 amide bonds. The summed E-state index contributed by atoms with van der Waals surface area (Å²) in [5, 5.41) is 13.0. The molecular formula is C30H26N4O5. The molecule has 0 radical (unpaired) electrons. The molecule has 196 valence electrons. The summed E-state index contributed by atoms with van der Waals surface area (Å²) in [7, 11) is 1.44. The van der Waals surface area contributed by atoms with Gasteiger partial charge >= 0.3 is 11.4 Å². The van der Waals surface area contributed by atoms with Crippen molar-refractivity contribution in [3.8, 4) is 5.75 Å². The molecule has 0 spiro atoms. The Morgan fingerprint density at radius 1 is 0.897 bits per heavy atom. The van der Waals surface area contributed by atoms with Crippen LogP contribution in [0.15, 0.2) is 88.0 Å². The molecule has 1 saturated heterocycles. The average Bonchev–Trinajstić information content (AvgIpc) is 3.29. The Labute approximate surface area is 222 Å². The molecule has 0 bridgehead atoms. The standard InChI is InChI=1S/C30H26N4O5/c1-30-21(26(36)33(27(30)37)18-9-4-3-5-10-18)16-22-20(14-15-32-28(38)31(2)29(39)34(22)32)25(30)24-19-11-7-6-8-17(19)12-13-23(24)35/h3-14,21-22,25,35H,15-16H2,1-2H3/t21-,22+,25+,30+/m0/s1. The molecule has 7 rings (SSSR count). The SMILES string of the molecule is Cn1c(=O)n2n(c1=O)[C@@H]1C[C@H]3C(=O)N(c4ccccc4)C(=O)[C@@]3(C)[C@@H](c3c(O)ccc4ccccc34)C1=CC2. The number of para-hydroxylation sites is 1. The van der Waals surface area contributed by atoms with Gasteiger partial charge in [-0.3, -0.25) is 9.59 Å². The van der Waals surface area contributed by atoms with Crippen LogP contribution in [-0.2, 0) is 23.2 Å². The second-order valence-corrected chi connectivity index (χ2v) is 10.8. The zero-order valence-corrected chi connectivity index (χ0v) is 21.4. The minimum absolute atomic E-state index is 0.0157. The smallest absolute Gasteiger partial charge is 0.347 e.